The predicted molar refractivity (Wildman–Crippen MR) is 126 cm³/mol. The van der Waals surface area contributed by atoms with E-state index in [9.17, 15) is 4.79 Å². The molecular formula is C26H30N2O2Se. The molecule has 0 spiro atoms. The fraction of sp³-hybridized carbons (Fsp3) is 0.385. The SMILES string of the molecule is COC(=O)C1CCN(Cc2ccc(-c3cnc(-c4ccc(C(C)(C)C)cc4)[se]3)cc2)C1. The van der Waals surface area contributed by atoms with Gasteiger partial charge in [0.15, 0.2) is 0 Å². The van der Waals surface area contributed by atoms with Crippen LogP contribution in [0.4, 0.5) is 0 Å². The van der Waals surface area contributed by atoms with E-state index in [4.69, 9.17) is 9.72 Å². The average Bonchev–Trinajstić information content (AvgIpc) is 3.43. The van der Waals surface area contributed by atoms with Gasteiger partial charge in [0.2, 0.25) is 0 Å². The summed E-state index contributed by atoms with van der Waals surface area (Å²) < 4.78 is 7.40. The molecule has 5 heteroatoms. The molecule has 2 aromatic carbocycles. The number of nitrogens with zero attached hydrogens (tertiary/aromatic N) is 2. The molecule has 0 aliphatic carbocycles. The fourth-order valence-corrected chi connectivity index (χ4v) is 5.97. The fourth-order valence-electron chi connectivity index (χ4n) is 4.02. The van der Waals surface area contributed by atoms with Crippen molar-refractivity contribution >= 4 is 20.5 Å². The summed E-state index contributed by atoms with van der Waals surface area (Å²) in [5.41, 5.74) is 5.27. The molecule has 2 heterocycles. The van der Waals surface area contributed by atoms with Gasteiger partial charge in [-0.2, -0.15) is 0 Å². The Kier molecular flexibility index (Phi) is 6.47. The van der Waals surface area contributed by atoms with Crippen molar-refractivity contribution in [1.29, 1.82) is 0 Å². The number of methoxy groups -OCH3 is 1. The van der Waals surface area contributed by atoms with Crippen molar-refractivity contribution in [2.24, 2.45) is 5.92 Å². The average molecular weight is 481 g/mol. The predicted octanol–water partition coefficient (Wildman–Crippen LogP) is 4.77. The van der Waals surface area contributed by atoms with Gasteiger partial charge in [-0.3, -0.25) is 0 Å². The van der Waals surface area contributed by atoms with E-state index in [0.717, 1.165) is 26.1 Å². The first-order chi connectivity index (χ1) is 14.8. The number of rotatable bonds is 5. The van der Waals surface area contributed by atoms with E-state index < -0.39 is 0 Å². The van der Waals surface area contributed by atoms with Crippen molar-refractivity contribution in [2.75, 3.05) is 20.2 Å². The van der Waals surface area contributed by atoms with E-state index in [-0.39, 0.29) is 31.8 Å². The summed E-state index contributed by atoms with van der Waals surface area (Å²) in [6, 6.07) is 17.7. The topological polar surface area (TPSA) is 42.4 Å². The maximum atomic E-state index is 11.7. The molecule has 4 nitrogen and oxygen atoms in total. The molecule has 0 saturated carbocycles. The molecule has 0 bridgehead atoms. The van der Waals surface area contributed by atoms with E-state index in [0.29, 0.717) is 0 Å². The first-order valence-corrected chi connectivity index (χ1v) is 12.5. The van der Waals surface area contributed by atoms with E-state index >= 15 is 0 Å². The van der Waals surface area contributed by atoms with Gasteiger partial charge in [0, 0.05) is 0 Å². The van der Waals surface area contributed by atoms with E-state index in [1.807, 2.05) is 6.20 Å². The molecule has 1 aliphatic heterocycles. The van der Waals surface area contributed by atoms with Crippen LogP contribution < -0.4 is 0 Å². The summed E-state index contributed by atoms with van der Waals surface area (Å²) in [6.07, 6.45) is 2.92. The molecule has 0 amide bonds. The second-order valence-electron chi connectivity index (χ2n) is 9.30. The molecule has 1 fully saturated rings. The Morgan fingerprint density at radius 1 is 1.10 bits per heavy atom. The zero-order chi connectivity index (χ0) is 22.0. The van der Waals surface area contributed by atoms with Crippen LogP contribution in [-0.2, 0) is 21.5 Å². The Morgan fingerprint density at radius 3 is 2.42 bits per heavy atom. The van der Waals surface area contributed by atoms with Crippen molar-refractivity contribution in [3.63, 3.8) is 0 Å². The van der Waals surface area contributed by atoms with Crippen LogP contribution in [0.3, 0.4) is 0 Å². The van der Waals surface area contributed by atoms with E-state index in [2.05, 4.69) is 74.2 Å². The third-order valence-electron chi connectivity index (χ3n) is 5.96. The summed E-state index contributed by atoms with van der Waals surface area (Å²) >= 11 is 0.216. The van der Waals surface area contributed by atoms with Gasteiger partial charge in [-0.1, -0.05) is 0 Å². The van der Waals surface area contributed by atoms with Crippen molar-refractivity contribution in [3.8, 4) is 20.1 Å². The zero-order valence-electron chi connectivity index (χ0n) is 18.7. The quantitative estimate of drug-likeness (QED) is 0.389. The number of likely N-dealkylation sites (tertiary alicyclic amines) is 1. The summed E-state index contributed by atoms with van der Waals surface area (Å²) in [4.78, 5) is 18.8. The molecule has 0 N–H and O–H groups in total. The minimum absolute atomic E-state index is 0.0173. The Hall–Kier alpha value is -2.20. The normalized spacial score (nSPS) is 17.1. The van der Waals surface area contributed by atoms with Gasteiger partial charge in [0.05, 0.1) is 0 Å². The number of aromatic nitrogens is 1. The van der Waals surface area contributed by atoms with Gasteiger partial charge >= 0.3 is 191 Å². The Labute approximate surface area is 191 Å². The summed E-state index contributed by atoms with van der Waals surface area (Å²) in [5, 5.41) is 0. The van der Waals surface area contributed by atoms with E-state index in [1.165, 1.54) is 38.4 Å². The van der Waals surface area contributed by atoms with Gasteiger partial charge in [0.25, 0.3) is 0 Å². The molecule has 1 aromatic heterocycles. The van der Waals surface area contributed by atoms with Crippen LogP contribution in [0.1, 0.15) is 38.3 Å². The maximum absolute atomic E-state index is 11.7. The number of esters is 1. The standard InChI is InChI=1S/C26H30N2O2Se/c1-26(2,3)22-11-9-20(10-12-22)24-27-15-23(31-24)19-7-5-18(6-8-19)16-28-14-13-21(17-28)25(29)30-4/h5-12,15,21H,13-14,16-17H2,1-4H3. The van der Waals surface area contributed by atoms with Crippen LogP contribution in [0.5, 0.6) is 0 Å². The molecule has 1 unspecified atom stereocenters. The minimum atomic E-state index is -0.0860. The summed E-state index contributed by atoms with van der Waals surface area (Å²) in [7, 11) is 1.47. The number of benzene rings is 2. The number of ether oxygens (including phenoxy) is 1. The molecule has 1 saturated heterocycles. The van der Waals surface area contributed by atoms with Crippen molar-refractivity contribution in [2.45, 2.75) is 39.2 Å². The molecule has 0 radical (unpaired) electrons. The van der Waals surface area contributed by atoms with Crippen LogP contribution in [0.15, 0.2) is 54.7 Å². The van der Waals surface area contributed by atoms with Crippen LogP contribution in [0.25, 0.3) is 20.1 Å². The van der Waals surface area contributed by atoms with Gasteiger partial charge in [-0.15, -0.1) is 0 Å². The molecule has 3 aromatic rings. The summed E-state index contributed by atoms with van der Waals surface area (Å²) in [6.45, 7) is 9.32. The first kappa shape index (κ1) is 22.0. The molecular weight excluding hydrogens is 451 g/mol. The van der Waals surface area contributed by atoms with Gasteiger partial charge < -0.3 is 0 Å². The van der Waals surface area contributed by atoms with E-state index in [1.54, 1.807) is 0 Å². The van der Waals surface area contributed by atoms with Crippen LogP contribution in [0.2, 0.25) is 0 Å². The number of hydrogen-bond donors (Lipinski definition) is 0. The van der Waals surface area contributed by atoms with Gasteiger partial charge in [0.1, 0.15) is 0 Å². The second-order valence-corrected chi connectivity index (χ2v) is 11.5. The molecule has 1 aliphatic rings. The monoisotopic (exact) mass is 482 g/mol. The van der Waals surface area contributed by atoms with Gasteiger partial charge in [-0.05, 0) is 0 Å². The molecule has 4 rings (SSSR count). The van der Waals surface area contributed by atoms with Crippen LogP contribution in [0, 0.1) is 5.92 Å². The number of carbonyl (C=O) groups excluding carboxylic acids is 1. The number of hydrogen-bond acceptors (Lipinski definition) is 4. The van der Waals surface area contributed by atoms with Crippen molar-refractivity contribution < 1.29 is 9.53 Å². The Balaban J connectivity index is 1.41. The van der Waals surface area contributed by atoms with Crippen molar-refractivity contribution in [3.05, 3.63) is 65.9 Å². The van der Waals surface area contributed by atoms with Crippen LogP contribution in [-0.4, -0.2) is 50.6 Å². The molecule has 31 heavy (non-hydrogen) atoms. The Morgan fingerprint density at radius 2 is 1.77 bits per heavy atom. The van der Waals surface area contributed by atoms with Crippen molar-refractivity contribution in [1.82, 2.24) is 9.88 Å². The molecule has 162 valence electrons. The molecule has 1 atom stereocenters. The second kappa shape index (κ2) is 9.12. The van der Waals surface area contributed by atoms with Gasteiger partial charge in [-0.25, -0.2) is 0 Å². The third kappa shape index (κ3) is 5.17. The summed E-state index contributed by atoms with van der Waals surface area (Å²) in [5.74, 6) is -0.0687. The zero-order valence-corrected chi connectivity index (χ0v) is 20.4. The third-order valence-corrected chi connectivity index (χ3v) is 8.25. The van der Waals surface area contributed by atoms with Crippen LogP contribution >= 0.6 is 0 Å². The Bertz CT molecular complexity index is 1030. The number of carbonyl (C=O) groups is 1. The first-order valence-electron chi connectivity index (χ1n) is 10.8.